The number of nitrogens with zero attached hydrogens (tertiary/aromatic N) is 2. The van der Waals surface area contributed by atoms with Crippen LogP contribution in [-0.2, 0) is 14.8 Å². The number of rotatable bonds is 8. The number of anilines is 2. The van der Waals surface area contributed by atoms with Crippen molar-refractivity contribution in [2.24, 2.45) is 0 Å². The third-order valence-corrected chi connectivity index (χ3v) is 6.71. The van der Waals surface area contributed by atoms with Gasteiger partial charge in [0.1, 0.15) is 5.75 Å². The van der Waals surface area contributed by atoms with Crippen LogP contribution in [0.2, 0.25) is 5.02 Å². The van der Waals surface area contributed by atoms with E-state index in [1.807, 2.05) is 6.07 Å². The van der Waals surface area contributed by atoms with Crippen molar-refractivity contribution in [3.63, 3.8) is 0 Å². The lowest BCUT2D eigenvalue weighted by Gasteiger charge is -2.23. The van der Waals surface area contributed by atoms with Crippen LogP contribution in [0.5, 0.6) is 5.75 Å². The molecule has 1 amide bonds. The highest BCUT2D eigenvalue weighted by molar-refractivity contribution is 7.92. The normalized spacial score (nSPS) is 10.8. The molecule has 0 aliphatic carbocycles. The molecule has 0 saturated carbocycles. The van der Waals surface area contributed by atoms with Crippen LogP contribution in [0.25, 0.3) is 0 Å². The van der Waals surface area contributed by atoms with Gasteiger partial charge in [-0.1, -0.05) is 29.8 Å². The van der Waals surface area contributed by atoms with Crippen LogP contribution >= 0.6 is 11.6 Å². The van der Waals surface area contributed by atoms with E-state index in [0.29, 0.717) is 17.0 Å². The van der Waals surface area contributed by atoms with E-state index >= 15 is 0 Å². The molecule has 0 atom stereocenters. The summed E-state index contributed by atoms with van der Waals surface area (Å²) in [7, 11) is -3.88. The lowest BCUT2D eigenvalue weighted by molar-refractivity contribution is -0.118. The van der Waals surface area contributed by atoms with Gasteiger partial charge in [-0.25, -0.2) is 8.42 Å². The van der Waals surface area contributed by atoms with Crippen LogP contribution in [0.3, 0.4) is 0 Å². The van der Waals surface area contributed by atoms with E-state index < -0.39 is 15.9 Å². The van der Waals surface area contributed by atoms with E-state index in [9.17, 15) is 13.2 Å². The summed E-state index contributed by atoms with van der Waals surface area (Å²) in [6, 6.07) is 21.2. The maximum Gasteiger partial charge on any atom is 0.264 e. The maximum atomic E-state index is 13.2. The summed E-state index contributed by atoms with van der Waals surface area (Å²) in [5, 5.41) is 11.6. The first-order valence-corrected chi connectivity index (χ1v) is 11.5. The first kappa shape index (κ1) is 23.1. The van der Waals surface area contributed by atoms with Gasteiger partial charge in [-0.15, -0.1) is 0 Å². The van der Waals surface area contributed by atoms with Crippen LogP contribution < -0.4 is 14.4 Å². The number of nitriles is 1. The first-order valence-electron chi connectivity index (χ1n) is 9.65. The fraction of sp³-hybridized carbons (Fsp3) is 0.130. The zero-order chi connectivity index (χ0) is 23.1. The second-order valence-corrected chi connectivity index (χ2v) is 8.89. The molecule has 7 nitrogen and oxygen atoms in total. The van der Waals surface area contributed by atoms with Crippen LogP contribution in [0.4, 0.5) is 11.4 Å². The molecule has 3 rings (SSSR count). The van der Waals surface area contributed by atoms with Gasteiger partial charge in [0.2, 0.25) is 0 Å². The highest BCUT2D eigenvalue weighted by Crippen LogP contribution is 2.29. The summed E-state index contributed by atoms with van der Waals surface area (Å²) in [4.78, 5) is 12.3. The Balaban J connectivity index is 1.76. The molecule has 0 fully saturated rings. The predicted octanol–water partition coefficient (Wildman–Crippen LogP) is 4.44. The van der Waals surface area contributed by atoms with Crippen LogP contribution in [0.15, 0.2) is 77.7 Å². The number of carbonyl (C=O) groups is 1. The molecule has 3 aromatic rings. The van der Waals surface area contributed by atoms with E-state index in [1.165, 1.54) is 22.5 Å². The number of sulfonamides is 1. The second-order valence-electron chi connectivity index (χ2n) is 6.62. The van der Waals surface area contributed by atoms with Gasteiger partial charge >= 0.3 is 0 Å². The van der Waals surface area contributed by atoms with Crippen molar-refractivity contribution in [2.75, 3.05) is 22.8 Å². The van der Waals surface area contributed by atoms with E-state index in [4.69, 9.17) is 21.6 Å². The van der Waals surface area contributed by atoms with Crippen molar-refractivity contribution in [3.05, 3.63) is 83.4 Å². The number of benzene rings is 3. The molecule has 32 heavy (non-hydrogen) atoms. The number of halogens is 1. The predicted molar refractivity (Wildman–Crippen MR) is 123 cm³/mol. The lowest BCUT2D eigenvalue weighted by atomic mass is 10.2. The summed E-state index contributed by atoms with van der Waals surface area (Å²) in [6.07, 6.45) is 0. The Labute approximate surface area is 191 Å². The molecule has 1 N–H and O–H groups in total. The fourth-order valence-electron chi connectivity index (χ4n) is 2.93. The van der Waals surface area contributed by atoms with Crippen molar-refractivity contribution in [1.82, 2.24) is 0 Å². The monoisotopic (exact) mass is 469 g/mol. The largest absolute Gasteiger partial charge is 0.484 e. The summed E-state index contributed by atoms with van der Waals surface area (Å²) in [5.74, 6) is -0.0933. The Morgan fingerprint density at radius 3 is 2.41 bits per heavy atom. The summed E-state index contributed by atoms with van der Waals surface area (Å²) >= 11 is 6.18. The van der Waals surface area contributed by atoms with Gasteiger partial charge in [0.25, 0.3) is 15.9 Å². The Kier molecular flexibility index (Phi) is 7.36. The van der Waals surface area contributed by atoms with Gasteiger partial charge in [0.05, 0.1) is 32.9 Å². The van der Waals surface area contributed by atoms with Gasteiger partial charge in [0.15, 0.2) is 6.61 Å². The molecule has 164 valence electrons. The van der Waals surface area contributed by atoms with Crippen LogP contribution in [-0.4, -0.2) is 27.5 Å². The smallest absolute Gasteiger partial charge is 0.264 e. The number of para-hydroxylation sites is 1. The molecule has 0 aliphatic heterocycles. The fourth-order valence-corrected chi connectivity index (χ4v) is 4.60. The molecule has 0 spiro atoms. The zero-order valence-electron chi connectivity index (χ0n) is 17.2. The van der Waals surface area contributed by atoms with E-state index in [-0.39, 0.29) is 28.8 Å². The number of amides is 1. The number of hydrogen-bond donors (Lipinski definition) is 1. The van der Waals surface area contributed by atoms with Crippen molar-refractivity contribution in [3.8, 4) is 11.8 Å². The molecule has 0 radical (unpaired) electrons. The van der Waals surface area contributed by atoms with Crippen molar-refractivity contribution < 1.29 is 17.9 Å². The summed E-state index contributed by atoms with van der Waals surface area (Å²) < 4.78 is 33.1. The van der Waals surface area contributed by atoms with Gasteiger partial charge in [0, 0.05) is 6.54 Å². The molecule has 3 aromatic carbocycles. The molecular weight excluding hydrogens is 450 g/mol. The molecule has 0 aromatic heterocycles. The maximum absolute atomic E-state index is 13.2. The van der Waals surface area contributed by atoms with Crippen LogP contribution in [0, 0.1) is 11.3 Å². The van der Waals surface area contributed by atoms with Gasteiger partial charge in [-0.2, -0.15) is 5.26 Å². The number of hydrogen-bond acceptors (Lipinski definition) is 5. The summed E-state index contributed by atoms with van der Waals surface area (Å²) in [5.41, 5.74) is 1.17. The minimum Gasteiger partial charge on any atom is -0.484 e. The Morgan fingerprint density at radius 2 is 1.78 bits per heavy atom. The third kappa shape index (κ3) is 5.38. The second kappa shape index (κ2) is 10.2. The minimum atomic E-state index is -3.88. The number of ether oxygens (including phenoxy) is 1. The Hall–Kier alpha value is -3.54. The average Bonchev–Trinajstić information content (AvgIpc) is 2.80. The SMILES string of the molecule is CCN(c1ccccc1)S(=O)(=O)c1ccc(Cl)c(NC(=O)COc2ccc(C#N)cc2)c1. The highest BCUT2D eigenvalue weighted by atomic mass is 35.5. The molecule has 9 heteroatoms. The van der Waals surface area contributed by atoms with Crippen molar-refractivity contribution >= 4 is 38.9 Å². The highest BCUT2D eigenvalue weighted by Gasteiger charge is 2.24. The van der Waals surface area contributed by atoms with Crippen molar-refractivity contribution in [1.29, 1.82) is 5.26 Å². The Bertz CT molecular complexity index is 1240. The van der Waals surface area contributed by atoms with Crippen LogP contribution in [0.1, 0.15) is 12.5 Å². The molecule has 0 aliphatic rings. The molecule has 0 saturated heterocycles. The molecule has 0 heterocycles. The molecule has 0 bridgehead atoms. The van der Waals surface area contributed by atoms with E-state index in [0.717, 1.165) is 0 Å². The van der Waals surface area contributed by atoms with Gasteiger partial charge in [-0.3, -0.25) is 9.10 Å². The van der Waals surface area contributed by atoms with Crippen molar-refractivity contribution in [2.45, 2.75) is 11.8 Å². The van der Waals surface area contributed by atoms with Gasteiger partial charge < -0.3 is 10.1 Å². The molecular formula is C23H20ClN3O4S. The first-order chi connectivity index (χ1) is 15.3. The van der Waals surface area contributed by atoms with E-state index in [1.54, 1.807) is 61.5 Å². The topological polar surface area (TPSA) is 99.5 Å². The minimum absolute atomic E-state index is 0.00378. The number of carbonyl (C=O) groups excluding carboxylic acids is 1. The standard InChI is InChI=1S/C23H20ClN3O4S/c1-2-27(18-6-4-3-5-7-18)32(29,30)20-12-13-21(24)22(14-20)26-23(28)16-31-19-10-8-17(15-25)9-11-19/h3-14H,2,16H2,1H3,(H,26,28). The quantitative estimate of drug-likeness (QED) is 0.525. The van der Waals surface area contributed by atoms with Gasteiger partial charge in [-0.05, 0) is 61.5 Å². The molecule has 0 unspecified atom stereocenters. The lowest BCUT2D eigenvalue weighted by Crippen LogP contribution is -2.30. The average molecular weight is 470 g/mol. The number of nitrogens with one attached hydrogen (secondary N) is 1. The zero-order valence-corrected chi connectivity index (χ0v) is 18.7. The summed E-state index contributed by atoms with van der Waals surface area (Å²) in [6.45, 7) is 1.66. The Morgan fingerprint density at radius 1 is 1.09 bits per heavy atom. The van der Waals surface area contributed by atoms with E-state index in [2.05, 4.69) is 5.32 Å². The third-order valence-electron chi connectivity index (χ3n) is 4.48.